The zero-order valence-electron chi connectivity index (χ0n) is 14.7. The van der Waals surface area contributed by atoms with Crippen molar-refractivity contribution in [3.8, 4) is 0 Å². The molecule has 2 aromatic heterocycles. The molecule has 0 fully saturated rings. The number of fused-ring (bicyclic) bond motifs is 1. The van der Waals surface area contributed by atoms with Crippen LogP contribution in [0.25, 0.3) is 0 Å². The summed E-state index contributed by atoms with van der Waals surface area (Å²) < 4.78 is 0. The Hall–Kier alpha value is -2.92. The van der Waals surface area contributed by atoms with Gasteiger partial charge in [-0.15, -0.1) is 11.3 Å². The fourth-order valence-electron chi connectivity index (χ4n) is 4.01. The van der Waals surface area contributed by atoms with Gasteiger partial charge in [0.25, 0.3) is 0 Å². The highest BCUT2D eigenvalue weighted by Crippen LogP contribution is 2.44. The third-order valence-electron chi connectivity index (χ3n) is 5.27. The first-order chi connectivity index (χ1) is 13.3. The molecular weight excluding hydrogens is 354 g/mol. The van der Waals surface area contributed by atoms with Gasteiger partial charge in [-0.2, -0.15) is 0 Å². The molecule has 3 aromatic rings. The maximum atomic E-state index is 13.3. The largest absolute Gasteiger partial charge is 0.372 e. The van der Waals surface area contributed by atoms with Crippen molar-refractivity contribution in [1.29, 1.82) is 0 Å². The van der Waals surface area contributed by atoms with Crippen LogP contribution < -0.4 is 10.6 Å². The van der Waals surface area contributed by atoms with Crippen molar-refractivity contribution in [3.05, 3.63) is 88.0 Å². The molecule has 0 amide bonds. The number of para-hydroxylation sites is 2. The van der Waals surface area contributed by atoms with Gasteiger partial charge in [0, 0.05) is 40.9 Å². The van der Waals surface area contributed by atoms with Crippen molar-refractivity contribution in [3.63, 3.8) is 0 Å². The third-order valence-corrected chi connectivity index (χ3v) is 6.31. The molecule has 0 bridgehead atoms. The quantitative estimate of drug-likeness (QED) is 0.654. The predicted octanol–water partition coefficient (Wildman–Crippen LogP) is 5.12. The Morgan fingerprint density at radius 1 is 1.00 bits per heavy atom. The molecule has 2 aliphatic rings. The van der Waals surface area contributed by atoms with E-state index in [4.69, 9.17) is 0 Å². The van der Waals surface area contributed by atoms with Crippen LogP contribution in [0.1, 0.15) is 35.2 Å². The lowest BCUT2D eigenvalue weighted by atomic mass is 9.81. The maximum Gasteiger partial charge on any atom is 0.163 e. The van der Waals surface area contributed by atoms with Gasteiger partial charge in [-0.05, 0) is 41.6 Å². The molecule has 4 nitrogen and oxygen atoms in total. The van der Waals surface area contributed by atoms with E-state index in [1.807, 2.05) is 36.5 Å². The molecule has 0 spiro atoms. The Labute approximate surface area is 162 Å². The van der Waals surface area contributed by atoms with Gasteiger partial charge in [-0.3, -0.25) is 9.78 Å². The van der Waals surface area contributed by atoms with E-state index in [0.29, 0.717) is 6.42 Å². The van der Waals surface area contributed by atoms with Crippen molar-refractivity contribution >= 4 is 28.5 Å². The zero-order valence-corrected chi connectivity index (χ0v) is 15.5. The molecule has 5 rings (SSSR count). The summed E-state index contributed by atoms with van der Waals surface area (Å²) in [5, 5.41) is 9.22. The van der Waals surface area contributed by atoms with Crippen LogP contribution in [0.4, 0.5) is 11.4 Å². The van der Waals surface area contributed by atoms with Crippen LogP contribution in [0, 0.1) is 0 Å². The van der Waals surface area contributed by atoms with Gasteiger partial charge in [0.05, 0.1) is 17.4 Å². The van der Waals surface area contributed by atoms with E-state index in [0.717, 1.165) is 34.6 Å². The van der Waals surface area contributed by atoms with Crippen molar-refractivity contribution in [2.75, 3.05) is 10.6 Å². The number of nitrogens with one attached hydrogen (secondary N) is 2. The van der Waals surface area contributed by atoms with Crippen LogP contribution in [0.2, 0.25) is 0 Å². The SMILES string of the molecule is O=C1C[C@@H](c2cccs2)CC2=C1[C@H](c1cccnc1)Nc1ccccc1N2. The number of ketones is 1. The number of allylic oxidation sites excluding steroid dienone is 1. The number of nitrogens with zero attached hydrogens (tertiary/aromatic N) is 1. The fraction of sp³-hybridized carbons (Fsp3) is 0.182. The topological polar surface area (TPSA) is 54.0 Å². The lowest BCUT2D eigenvalue weighted by molar-refractivity contribution is -0.116. The minimum absolute atomic E-state index is 0.193. The molecule has 0 unspecified atom stereocenters. The molecule has 27 heavy (non-hydrogen) atoms. The molecule has 1 aliphatic heterocycles. The predicted molar refractivity (Wildman–Crippen MR) is 109 cm³/mol. The first kappa shape index (κ1) is 16.3. The second-order valence-corrected chi connectivity index (χ2v) is 7.95. The summed E-state index contributed by atoms with van der Waals surface area (Å²) in [7, 11) is 0. The molecule has 1 aliphatic carbocycles. The van der Waals surface area contributed by atoms with E-state index in [-0.39, 0.29) is 17.7 Å². The minimum atomic E-state index is -0.193. The summed E-state index contributed by atoms with van der Waals surface area (Å²) in [5.41, 5.74) is 4.88. The van der Waals surface area contributed by atoms with E-state index in [2.05, 4.69) is 39.2 Å². The average Bonchev–Trinajstić information content (AvgIpc) is 3.17. The molecule has 0 saturated heterocycles. The summed E-state index contributed by atoms with van der Waals surface area (Å²) in [6, 6.07) is 16.1. The van der Waals surface area contributed by atoms with Gasteiger partial charge in [0.15, 0.2) is 5.78 Å². The average molecular weight is 373 g/mol. The minimum Gasteiger partial charge on any atom is -0.372 e. The van der Waals surface area contributed by atoms with E-state index >= 15 is 0 Å². The van der Waals surface area contributed by atoms with Crippen LogP contribution in [0.3, 0.4) is 0 Å². The lowest BCUT2D eigenvalue weighted by Crippen LogP contribution is -2.26. The molecular formula is C22H19N3OS. The molecule has 134 valence electrons. The van der Waals surface area contributed by atoms with E-state index < -0.39 is 0 Å². The second kappa shape index (κ2) is 6.67. The van der Waals surface area contributed by atoms with E-state index in [1.54, 1.807) is 17.5 Å². The van der Waals surface area contributed by atoms with Crippen molar-refractivity contribution < 1.29 is 4.79 Å². The van der Waals surface area contributed by atoms with Gasteiger partial charge in [0.2, 0.25) is 0 Å². The van der Waals surface area contributed by atoms with Gasteiger partial charge in [-0.1, -0.05) is 24.3 Å². The highest BCUT2D eigenvalue weighted by atomic mass is 32.1. The molecule has 5 heteroatoms. The normalized spacial score (nSPS) is 21.6. The van der Waals surface area contributed by atoms with Gasteiger partial charge in [-0.25, -0.2) is 0 Å². The molecule has 0 saturated carbocycles. The van der Waals surface area contributed by atoms with E-state index in [1.165, 1.54) is 4.88 Å². The number of pyridine rings is 1. The summed E-state index contributed by atoms with van der Waals surface area (Å²) >= 11 is 1.73. The number of hydrogen-bond acceptors (Lipinski definition) is 5. The number of thiophene rings is 1. The maximum absolute atomic E-state index is 13.3. The monoisotopic (exact) mass is 373 g/mol. The zero-order chi connectivity index (χ0) is 18.2. The standard InChI is InChI=1S/C22H19N3OS/c26-19-12-15(20-8-4-10-27-20)11-18-21(19)22(14-5-3-9-23-13-14)25-17-7-2-1-6-16(17)24-18/h1-10,13,15,22,24-25H,11-12H2/t15-,22-/m0/s1. The second-order valence-electron chi connectivity index (χ2n) is 6.97. The number of carbonyl (C=O) groups excluding carboxylic acids is 1. The fourth-order valence-corrected chi connectivity index (χ4v) is 4.84. The van der Waals surface area contributed by atoms with Gasteiger partial charge < -0.3 is 10.6 Å². The van der Waals surface area contributed by atoms with Crippen LogP contribution >= 0.6 is 11.3 Å². The first-order valence-corrected chi connectivity index (χ1v) is 10.00. The van der Waals surface area contributed by atoms with Gasteiger partial charge in [0.1, 0.15) is 0 Å². The van der Waals surface area contributed by atoms with Crippen LogP contribution in [-0.4, -0.2) is 10.8 Å². The molecule has 2 atom stereocenters. The van der Waals surface area contributed by atoms with Crippen molar-refractivity contribution in [1.82, 2.24) is 4.98 Å². The lowest BCUT2D eigenvalue weighted by Gasteiger charge is -2.29. The highest BCUT2D eigenvalue weighted by Gasteiger charge is 2.36. The summed E-state index contributed by atoms with van der Waals surface area (Å²) in [6.45, 7) is 0. The van der Waals surface area contributed by atoms with Crippen LogP contribution in [-0.2, 0) is 4.79 Å². The van der Waals surface area contributed by atoms with Gasteiger partial charge >= 0.3 is 0 Å². The number of carbonyl (C=O) groups is 1. The molecule has 1 aromatic carbocycles. The Kier molecular flexibility index (Phi) is 4.02. The first-order valence-electron chi connectivity index (χ1n) is 9.12. The Balaban J connectivity index is 1.63. The molecule has 2 N–H and O–H groups in total. The Morgan fingerprint density at radius 3 is 2.67 bits per heavy atom. The van der Waals surface area contributed by atoms with E-state index in [9.17, 15) is 4.79 Å². The number of rotatable bonds is 2. The summed E-state index contributed by atoms with van der Waals surface area (Å²) in [6.07, 6.45) is 5.00. The number of hydrogen-bond donors (Lipinski definition) is 2. The summed E-state index contributed by atoms with van der Waals surface area (Å²) in [5.74, 6) is 0.444. The molecule has 3 heterocycles. The van der Waals surface area contributed by atoms with Crippen molar-refractivity contribution in [2.45, 2.75) is 24.8 Å². The van der Waals surface area contributed by atoms with Crippen LogP contribution in [0.5, 0.6) is 0 Å². The number of Topliss-reactive ketones (excluding diaryl/α,β-unsaturated/α-hetero) is 1. The van der Waals surface area contributed by atoms with Crippen LogP contribution in [0.15, 0.2) is 77.6 Å². The summed E-state index contributed by atoms with van der Waals surface area (Å²) in [4.78, 5) is 18.8. The Morgan fingerprint density at radius 2 is 1.89 bits per heavy atom. The number of anilines is 2. The molecule has 0 radical (unpaired) electrons. The Bertz CT molecular complexity index is 1010. The number of aromatic nitrogens is 1. The third kappa shape index (κ3) is 2.94. The number of benzene rings is 1. The van der Waals surface area contributed by atoms with Crippen molar-refractivity contribution in [2.24, 2.45) is 0 Å². The smallest absolute Gasteiger partial charge is 0.163 e. The highest BCUT2D eigenvalue weighted by molar-refractivity contribution is 7.10.